The fourth-order valence-electron chi connectivity index (χ4n) is 1.68. The number of urea groups is 1. The van der Waals surface area contributed by atoms with Crippen molar-refractivity contribution < 1.29 is 24.5 Å². The SMILES string of the molecule is CNC(=O)N(/C=C\C=O)[C@@H]1O[C@H](CO)[C@@H](O)/C1=C\Cl. The van der Waals surface area contributed by atoms with Crippen molar-refractivity contribution >= 4 is 23.9 Å². The van der Waals surface area contributed by atoms with Gasteiger partial charge in [0.15, 0.2) is 6.23 Å². The minimum atomic E-state index is -1.12. The summed E-state index contributed by atoms with van der Waals surface area (Å²) >= 11 is 5.61. The van der Waals surface area contributed by atoms with Crippen LogP contribution in [-0.4, -0.2) is 59.5 Å². The third-order valence-electron chi connectivity index (χ3n) is 2.61. The van der Waals surface area contributed by atoms with E-state index in [4.69, 9.17) is 21.4 Å². The van der Waals surface area contributed by atoms with E-state index in [0.29, 0.717) is 6.29 Å². The van der Waals surface area contributed by atoms with Crippen molar-refractivity contribution in [2.75, 3.05) is 13.7 Å². The number of nitrogens with one attached hydrogen (secondary N) is 1. The van der Waals surface area contributed by atoms with Crippen LogP contribution in [0.1, 0.15) is 0 Å². The van der Waals surface area contributed by atoms with Gasteiger partial charge in [-0.25, -0.2) is 4.79 Å². The molecular formula is C11H15ClN2O5. The van der Waals surface area contributed by atoms with Gasteiger partial charge >= 0.3 is 6.03 Å². The smallest absolute Gasteiger partial charge is 0.323 e. The molecule has 0 radical (unpaired) electrons. The molecule has 3 atom stereocenters. The molecule has 8 heteroatoms. The molecule has 1 fully saturated rings. The maximum atomic E-state index is 11.7. The number of aliphatic hydroxyl groups excluding tert-OH is 2. The Bertz CT molecular complexity index is 399. The summed E-state index contributed by atoms with van der Waals surface area (Å²) in [7, 11) is 1.41. The number of nitrogens with zero attached hydrogens (tertiary/aromatic N) is 1. The summed E-state index contributed by atoms with van der Waals surface area (Å²) in [5.41, 5.74) is 1.32. The van der Waals surface area contributed by atoms with Gasteiger partial charge in [-0.2, -0.15) is 0 Å². The molecule has 2 amide bonds. The summed E-state index contributed by atoms with van der Waals surface area (Å²) < 4.78 is 5.35. The number of aliphatic hydroxyl groups is 2. The summed E-state index contributed by atoms with van der Waals surface area (Å²) in [5.74, 6) is 0. The van der Waals surface area contributed by atoms with Crippen LogP contribution in [-0.2, 0) is 9.53 Å². The molecule has 0 unspecified atom stereocenters. The van der Waals surface area contributed by atoms with Crippen molar-refractivity contribution in [3.05, 3.63) is 23.4 Å². The van der Waals surface area contributed by atoms with Gasteiger partial charge in [0.2, 0.25) is 0 Å². The predicted octanol–water partition coefficient (Wildman–Crippen LogP) is -0.459. The van der Waals surface area contributed by atoms with Crippen LogP contribution in [0, 0.1) is 0 Å². The van der Waals surface area contributed by atoms with Crippen LogP contribution < -0.4 is 5.32 Å². The van der Waals surface area contributed by atoms with Crippen LogP contribution in [0.3, 0.4) is 0 Å². The number of amides is 2. The topological polar surface area (TPSA) is 99.1 Å². The summed E-state index contributed by atoms with van der Waals surface area (Å²) in [5, 5.41) is 21.3. The summed E-state index contributed by atoms with van der Waals surface area (Å²) in [6.45, 7) is -0.426. The first-order valence-corrected chi connectivity index (χ1v) is 5.90. The van der Waals surface area contributed by atoms with Crippen LogP contribution in [0.2, 0.25) is 0 Å². The van der Waals surface area contributed by atoms with Crippen LogP contribution in [0.4, 0.5) is 4.79 Å². The number of aldehydes is 1. The van der Waals surface area contributed by atoms with Gasteiger partial charge in [-0.3, -0.25) is 9.69 Å². The van der Waals surface area contributed by atoms with Crippen molar-refractivity contribution in [1.82, 2.24) is 10.2 Å². The van der Waals surface area contributed by atoms with E-state index in [1.54, 1.807) is 0 Å². The Labute approximate surface area is 115 Å². The number of hydrogen-bond donors (Lipinski definition) is 3. The zero-order chi connectivity index (χ0) is 14.4. The minimum absolute atomic E-state index is 0.222. The largest absolute Gasteiger partial charge is 0.394 e. The van der Waals surface area contributed by atoms with E-state index in [9.17, 15) is 14.7 Å². The van der Waals surface area contributed by atoms with E-state index in [1.165, 1.54) is 13.2 Å². The summed E-state index contributed by atoms with van der Waals surface area (Å²) in [6, 6.07) is -0.551. The molecule has 0 aromatic heterocycles. The molecule has 19 heavy (non-hydrogen) atoms. The molecule has 1 aliphatic heterocycles. The normalized spacial score (nSPS) is 28.8. The number of hydrogen-bond acceptors (Lipinski definition) is 5. The van der Waals surface area contributed by atoms with Crippen LogP contribution in [0.25, 0.3) is 0 Å². The maximum Gasteiger partial charge on any atom is 0.323 e. The average molecular weight is 291 g/mol. The number of rotatable bonds is 4. The fourth-order valence-corrected chi connectivity index (χ4v) is 1.91. The molecule has 1 rings (SSSR count). The first kappa shape index (κ1) is 15.6. The molecule has 0 aliphatic carbocycles. The van der Waals surface area contributed by atoms with Gasteiger partial charge in [-0.05, 0) is 6.08 Å². The van der Waals surface area contributed by atoms with E-state index < -0.39 is 31.1 Å². The quantitative estimate of drug-likeness (QED) is 0.481. The summed E-state index contributed by atoms with van der Waals surface area (Å²) in [6.07, 6.45) is -0.196. The summed E-state index contributed by atoms with van der Waals surface area (Å²) in [4.78, 5) is 23.1. The Morgan fingerprint density at radius 2 is 2.32 bits per heavy atom. The minimum Gasteiger partial charge on any atom is -0.394 e. The first-order chi connectivity index (χ1) is 9.10. The molecule has 0 aromatic rings. The highest BCUT2D eigenvalue weighted by Crippen LogP contribution is 2.29. The molecule has 0 aromatic carbocycles. The van der Waals surface area contributed by atoms with Crippen LogP contribution >= 0.6 is 11.6 Å². The predicted molar refractivity (Wildman–Crippen MR) is 67.2 cm³/mol. The average Bonchev–Trinajstić information content (AvgIpc) is 2.75. The lowest BCUT2D eigenvalue weighted by Gasteiger charge is -2.25. The molecule has 106 valence electrons. The zero-order valence-corrected chi connectivity index (χ0v) is 10.9. The molecular weight excluding hydrogens is 276 g/mol. The third-order valence-corrected chi connectivity index (χ3v) is 2.87. The van der Waals surface area contributed by atoms with Gasteiger partial charge in [-0.1, -0.05) is 11.6 Å². The Kier molecular flexibility index (Phi) is 5.97. The highest BCUT2D eigenvalue weighted by molar-refractivity contribution is 6.25. The second kappa shape index (κ2) is 7.25. The molecule has 3 N–H and O–H groups in total. The molecule has 1 aliphatic rings. The highest BCUT2D eigenvalue weighted by Gasteiger charge is 2.42. The van der Waals surface area contributed by atoms with Gasteiger partial charge in [0.05, 0.1) is 6.61 Å². The first-order valence-electron chi connectivity index (χ1n) is 5.47. The Hall–Kier alpha value is -1.41. The highest BCUT2D eigenvalue weighted by atomic mass is 35.5. The van der Waals surface area contributed by atoms with Gasteiger partial charge in [-0.15, -0.1) is 0 Å². The number of carbonyl (C=O) groups excluding carboxylic acids is 2. The lowest BCUT2D eigenvalue weighted by molar-refractivity contribution is -0.104. The van der Waals surface area contributed by atoms with Crippen molar-refractivity contribution in [2.45, 2.75) is 18.4 Å². The molecule has 0 saturated carbocycles. The Balaban J connectivity index is 3.04. The molecule has 1 saturated heterocycles. The number of allylic oxidation sites excluding steroid dienone is 1. The number of carbonyl (C=O) groups is 2. The van der Waals surface area contributed by atoms with E-state index in [2.05, 4.69) is 5.32 Å². The lowest BCUT2D eigenvalue weighted by atomic mass is 10.1. The van der Waals surface area contributed by atoms with Crippen molar-refractivity contribution in [3.63, 3.8) is 0 Å². The van der Waals surface area contributed by atoms with E-state index in [1.807, 2.05) is 0 Å². The molecule has 0 spiro atoms. The monoisotopic (exact) mass is 290 g/mol. The number of halogens is 1. The zero-order valence-electron chi connectivity index (χ0n) is 10.2. The van der Waals surface area contributed by atoms with Gasteiger partial charge in [0.1, 0.15) is 18.5 Å². The van der Waals surface area contributed by atoms with E-state index in [-0.39, 0.29) is 5.57 Å². The lowest BCUT2D eigenvalue weighted by Crippen LogP contribution is -2.42. The Morgan fingerprint density at radius 3 is 2.79 bits per heavy atom. The molecule has 1 heterocycles. The second-order valence-electron chi connectivity index (χ2n) is 3.70. The fraction of sp³-hybridized carbons (Fsp3) is 0.455. The molecule has 7 nitrogen and oxygen atoms in total. The van der Waals surface area contributed by atoms with Crippen molar-refractivity contribution in [2.24, 2.45) is 0 Å². The van der Waals surface area contributed by atoms with Crippen molar-refractivity contribution in [1.29, 1.82) is 0 Å². The van der Waals surface area contributed by atoms with Gasteiger partial charge in [0.25, 0.3) is 0 Å². The van der Waals surface area contributed by atoms with E-state index >= 15 is 0 Å². The Morgan fingerprint density at radius 1 is 1.63 bits per heavy atom. The van der Waals surface area contributed by atoms with Crippen molar-refractivity contribution in [3.8, 4) is 0 Å². The second-order valence-corrected chi connectivity index (χ2v) is 3.92. The van der Waals surface area contributed by atoms with E-state index in [0.717, 1.165) is 16.5 Å². The van der Waals surface area contributed by atoms with Gasteiger partial charge in [0, 0.05) is 24.4 Å². The number of ether oxygens (including phenoxy) is 1. The maximum absolute atomic E-state index is 11.7. The van der Waals surface area contributed by atoms with Gasteiger partial charge < -0.3 is 20.3 Å². The molecule has 0 bridgehead atoms. The third kappa shape index (κ3) is 3.32. The van der Waals surface area contributed by atoms with Crippen LogP contribution in [0.5, 0.6) is 0 Å². The standard InChI is InChI=1S/C11H15ClN2O5/c1-13-11(18)14(3-2-4-15)10-7(5-12)9(17)8(6-16)19-10/h2-5,8-10,16-17H,6H2,1H3,(H,13,18)/b3-2-,7-5+/t8-,9+,10-/m1/s1. The van der Waals surface area contributed by atoms with Crippen LogP contribution in [0.15, 0.2) is 23.4 Å².